The van der Waals surface area contributed by atoms with E-state index in [1.54, 1.807) is 29.1 Å². The fourth-order valence-corrected chi connectivity index (χ4v) is 2.21. The minimum Gasteiger partial charge on any atom is -0.272 e. The Labute approximate surface area is 123 Å². The Hall–Kier alpha value is -2.08. The van der Waals surface area contributed by atoms with Crippen molar-refractivity contribution in [3.8, 4) is 11.3 Å². The van der Waals surface area contributed by atoms with Gasteiger partial charge in [-0.05, 0) is 32.9 Å². The van der Waals surface area contributed by atoms with Crippen molar-refractivity contribution in [1.82, 2.24) is 19.9 Å². The van der Waals surface area contributed by atoms with Crippen molar-refractivity contribution in [2.24, 2.45) is 4.99 Å². The second kappa shape index (κ2) is 5.04. The van der Waals surface area contributed by atoms with E-state index in [4.69, 9.17) is 0 Å². The first-order chi connectivity index (χ1) is 9.95. The quantitative estimate of drug-likeness (QED) is 0.809. The highest BCUT2D eigenvalue weighted by Gasteiger charge is 2.27. The highest BCUT2D eigenvalue weighted by Crippen LogP contribution is 2.21. The Bertz CT molecular complexity index is 683. The standard InChI is InChI=1S/C15H18FN5/c1-15(2,3)20-9-14(17-10-20)21-8-13(18-19-21)11-6-4-5-7-12(11)16/h4-8H,9-10H2,1-3H3. The van der Waals surface area contributed by atoms with Crippen molar-refractivity contribution in [1.29, 1.82) is 0 Å². The number of aliphatic imine (C=N–C) groups is 1. The third-order valence-corrected chi connectivity index (χ3v) is 3.61. The summed E-state index contributed by atoms with van der Waals surface area (Å²) in [5, 5.41) is 8.13. The van der Waals surface area contributed by atoms with Gasteiger partial charge in [0, 0.05) is 11.1 Å². The molecule has 2 heterocycles. The van der Waals surface area contributed by atoms with Gasteiger partial charge in [-0.1, -0.05) is 17.3 Å². The number of hydrogen-bond donors (Lipinski definition) is 0. The van der Waals surface area contributed by atoms with Crippen LogP contribution in [0.5, 0.6) is 0 Å². The van der Waals surface area contributed by atoms with Crippen LogP contribution in [0.3, 0.4) is 0 Å². The maximum Gasteiger partial charge on any atom is 0.142 e. The third-order valence-electron chi connectivity index (χ3n) is 3.61. The van der Waals surface area contributed by atoms with Gasteiger partial charge in [-0.2, -0.15) is 0 Å². The molecule has 1 aromatic carbocycles. The molecule has 21 heavy (non-hydrogen) atoms. The Kier molecular flexibility index (Phi) is 3.33. The van der Waals surface area contributed by atoms with Gasteiger partial charge in [-0.25, -0.2) is 9.07 Å². The van der Waals surface area contributed by atoms with Crippen LogP contribution < -0.4 is 0 Å². The van der Waals surface area contributed by atoms with Gasteiger partial charge < -0.3 is 0 Å². The second-order valence-electron chi connectivity index (χ2n) is 6.11. The van der Waals surface area contributed by atoms with Crippen LogP contribution in [-0.2, 0) is 0 Å². The predicted octanol–water partition coefficient (Wildman–Crippen LogP) is 2.40. The summed E-state index contributed by atoms with van der Waals surface area (Å²) in [6, 6.07) is 6.56. The van der Waals surface area contributed by atoms with E-state index in [1.165, 1.54) is 6.07 Å². The average Bonchev–Trinajstić information content (AvgIpc) is 3.07. The minimum atomic E-state index is -0.297. The van der Waals surface area contributed by atoms with Crippen LogP contribution in [0.2, 0.25) is 0 Å². The topological polar surface area (TPSA) is 46.3 Å². The number of halogens is 1. The summed E-state index contributed by atoms with van der Waals surface area (Å²) >= 11 is 0. The van der Waals surface area contributed by atoms with Crippen molar-refractivity contribution in [2.75, 3.05) is 13.2 Å². The number of nitrogens with zero attached hydrogens (tertiary/aromatic N) is 5. The Morgan fingerprint density at radius 3 is 2.62 bits per heavy atom. The molecule has 2 aromatic rings. The third kappa shape index (κ3) is 2.71. The molecule has 0 bridgehead atoms. The van der Waals surface area contributed by atoms with Crippen LogP contribution in [0.1, 0.15) is 20.8 Å². The number of rotatable bonds is 1. The van der Waals surface area contributed by atoms with Crippen molar-refractivity contribution in [2.45, 2.75) is 26.3 Å². The summed E-state index contributed by atoms with van der Waals surface area (Å²) in [7, 11) is 0. The van der Waals surface area contributed by atoms with E-state index in [9.17, 15) is 4.39 Å². The van der Waals surface area contributed by atoms with Crippen molar-refractivity contribution in [3.05, 3.63) is 36.3 Å². The number of hydrogen-bond acceptors (Lipinski definition) is 4. The zero-order valence-corrected chi connectivity index (χ0v) is 12.4. The summed E-state index contributed by atoms with van der Waals surface area (Å²) in [6.45, 7) is 7.81. The molecule has 0 N–H and O–H groups in total. The molecule has 0 saturated carbocycles. The van der Waals surface area contributed by atoms with E-state index >= 15 is 0 Å². The van der Waals surface area contributed by atoms with Gasteiger partial charge in [0.2, 0.25) is 0 Å². The van der Waals surface area contributed by atoms with E-state index in [2.05, 4.69) is 41.0 Å². The van der Waals surface area contributed by atoms with Gasteiger partial charge in [0.1, 0.15) is 17.3 Å². The van der Waals surface area contributed by atoms with E-state index in [0.717, 1.165) is 5.84 Å². The van der Waals surface area contributed by atoms with Gasteiger partial charge in [0.15, 0.2) is 0 Å². The summed E-state index contributed by atoms with van der Waals surface area (Å²) in [5.74, 6) is 0.536. The average molecular weight is 287 g/mol. The highest BCUT2D eigenvalue weighted by molar-refractivity contribution is 5.87. The first-order valence-corrected chi connectivity index (χ1v) is 6.91. The molecule has 1 aliphatic rings. The molecular weight excluding hydrogens is 269 g/mol. The largest absolute Gasteiger partial charge is 0.272 e. The van der Waals surface area contributed by atoms with Gasteiger partial charge in [-0.15, -0.1) is 5.10 Å². The summed E-state index contributed by atoms with van der Waals surface area (Å²) in [6.07, 6.45) is 1.73. The summed E-state index contributed by atoms with van der Waals surface area (Å²) in [4.78, 5) is 6.74. The molecule has 110 valence electrons. The normalized spacial score (nSPS) is 16.3. The highest BCUT2D eigenvalue weighted by atomic mass is 19.1. The van der Waals surface area contributed by atoms with Gasteiger partial charge in [0.05, 0.1) is 19.4 Å². The molecule has 0 amide bonds. The molecule has 0 saturated heterocycles. The zero-order valence-electron chi connectivity index (χ0n) is 12.4. The lowest BCUT2D eigenvalue weighted by Gasteiger charge is -2.30. The van der Waals surface area contributed by atoms with Gasteiger partial charge >= 0.3 is 0 Å². The molecule has 0 spiro atoms. The SMILES string of the molecule is CC(C)(C)N1CN=C(n2cc(-c3ccccc3F)nn2)C1. The molecule has 3 rings (SSSR count). The number of benzene rings is 1. The zero-order chi connectivity index (χ0) is 15.0. The smallest absolute Gasteiger partial charge is 0.142 e. The van der Waals surface area contributed by atoms with Crippen molar-refractivity contribution < 1.29 is 4.39 Å². The Morgan fingerprint density at radius 2 is 1.95 bits per heavy atom. The van der Waals surface area contributed by atoms with Crippen LogP contribution in [-0.4, -0.2) is 44.5 Å². The first kappa shape index (κ1) is 13.9. The molecule has 0 aliphatic carbocycles. The molecule has 1 aliphatic heterocycles. The molecule has 5 nitrogen and oxygen atoms in total. The fraction of sp³-hybridized carbons (Fsp3) is 0.400. The maximum absolute atomic E-state index is 13.8. The van der Waals surface area contributed by atoms with E-state index in [-0.39, 0.29) is 11.4 Å². The lowest BCUT2D eigenvalue weighted by Crippen LogP contribution is -2.41. The van der Waals surface area contributed by atoms with Crippen LogP contribution in [0.15, 0.2) is 35.5 Å². The lowest BCUT2D eigenvalue weighted by molar-refractivity contribution is 0.177. The maximum atomic E-state index is 13.8. The molecule has 0 unspecified atom stereocenters. The van der Waals surface area contributed by atoms with Crippen LogP contribution in [0, 0.1) is 5.82 Å². The van der Waals surface area contributed by atoms with Crippen LogP contribution in [0.25, 0.3) is 11.3 Å². The van der Waals surface area contributed by atoms with Gasteiger partial charge in [-0.3, -0.25) is 9.89 Å². The van der Waals surface area contributed by atoms with E-state index in [0.29, 0.717) is 24.5 Å². The molecule has 0 fully saturated rings. The lowest BCUT2D eigenvalue weighted by atomic mass is 10.1. The van der Waals surface area contributed by atoms with Crippen LogP contribution in [0.4, 0.5) is 4.39 Å². The summed E-state index contributed by atoms with van der Waals surface area (Å²) in [5.41, 5.74) is 1.03. The van der Waals surface area contributed by atoms with E-state index < -0.39 is 0 Å². The molecule has 1 aromatic heterocycles. The molecule has 0 radical (unpaired) electrons. The van der Waals surface area contributed by atoms with Crippen molar-refractivity contribution in [3.63, 3.8) is 0 Å². The van der Waals surface area contributed by atoms with Crippen molar-refractivity contribution >= 4 is 5.84 Å². The summed E-state index contributed by atoms with van der Waals surface area (Å²) < 4.78 is 15.4. The van der Waals surface area contributed by atoms with E-state index in [1.807, 2.05) is 0 Å². The molecular formula is C15H18FN5. The van der Waals surface area contributed by atoms with Crippen LogP contribution >= 0.6 is 0 Å². The Balaban J connectivity index is 1.83. The predicted molar refractivity (Wildman–Crippen MR) is 79.6 cm³/mol. The van der Waals surface area contributed by atoms with Gasteiger partial charge in [0.25, 0.3) is 0 Å². The fourth-order valence-electron chi connectivity index (χ4n) is 2.21. The second-order valence-corrected chi connectivity index (χ2v) is 6.11. The minimum absolute atomic E-state index is 0.0558. The Morgan fingerprint density at radius 1 is 1.19 bits per heavy atom. The first-order valence-electron chi connectivity index (χ1n) is 6.91. The molecule has 6 heteroatoms. The number of aromatic nitrogens is 3. The molecule has 0 atom stereocenters. The monoisotopic (exact) mass is 287 g/mol.